The molecule has 2 aromatic rings. The highest BCUT2D eigenvalue weighted by molar-refractivity contribution is 6.44. The molecule has 0 bridgehead atoms. The van der Waals surface area contributed by atoms with Gasteiger partial charge >= 0.3 is 6.09 Å². The van der Waals surface area contributed by atoms with Crippen molar-refractivity contribution in [3.63, 3.8) is 0 Å². The predicted molar refractivity (Wildman–Crippen MR) is 121 cm³/mol. The van der Waals surface area contributed by atoms with Gasteiger partial charge in [0.05, 0.1) is 15.7 Å². The number of aromatic nitrogens is 1. The van der Waals surface area contributed by atoms with Crippen molar-refractivity contribution in [1.29, 1.82) is 0 Å². The second kappa shape index (κ2) is 9.40. The average Bonchev–Trinajstić information content (AvgIpc) is 2.96. The van der Waals surface area contributed by atoms with Gasteiger partial charge in [-0.25, -0.2) is 4.79 Å². The van der Waals surface area contributed by atoms with Gasteiger partial charge < -0.3 is 24.7 Å². The van der Waals surface area contributed by atoms with Crippen molar-refractivity contribution in [2.24, 2.45) is 0 Å². The number of aromatic amines is 1. The Kier molecular flexibility index (Phi) is 7.06. The van der Waals surface area contributed by atoms with Gasteiger partial charge in [-0.15, -0.1) is 0 Å². The van der Waals surface area contributed by atoms with E-state index in [9.17, 15) is 9.59 Å². The summed E-state index contributed by atoms with van der Waals surface area (Å²) in [7, 11) is 0. The van der Waals surface area contributed by atoms with Crippen molar-refractivity contribution in [3.05, 3.63) is 45.7 Å². The van der Waals surface area contributed by atoms with Gasteiger partial charge in [-0.1, -0.05) is 35.3 Å². The Morgan fingerprint density at radius 3 is 2.35 bits per heavy atom. The maximum absolute atomic E-state index is 12.7. The zero-order valence-electron chi connectivity index (χ0n) is 18.1. The number of nitrogens with one attached hydrogen (secondary N) is 2. The fourth-order valence-corrected chi connectivity index (χ4v) is 3.66. The van der Waals surface area contributed by atoms with E-state index in [4.69, 9.17) is 32.7 Å². The molecule has 7 nitrogen and oxygen atoms in total. The summed E-state index contributed by atoms with van der Waals surface area (Å²) in [6.45, 7) is 8.38. The maximum Gasteiger partial charge on any atom is 0.410 e. The lowest BCUT2D eigenvalue weighted by Gasteiger charge is -2.33. The minimum atomic E-state index is -0.521. The third-order valence-electron chi connectivity index (χ3n) is 4.80. The second-order valence-electron chi connectivity index (χ2n) is 8.49. The minimum Gasteiger partial charge on any atom is -0.488 e. The van der Waals surface area contributed by atoms with Gasteiger partial charge in [0.1, 0.15) is 23.1 Å². The van der Waals surface area contributed by atoms with Crippen LogP contribution in [0.25, 0.3) is 0 Å². The van der Waals surface area contributed by atoms with Crippen LogP contribution in [0.1, 0.15) is 49.8 Å². The molecule has 0 unspecified atom stereocenters. The first kappa shape index (κ1) is 23.3. The van der Waals surface area contributed by atoms with Gasteiger partial charge in [-0.05, 0) is 39.8 Å². The summed E-state index contributed by atoms with van der Waals surface area (Å²) >= 11 is 12.2. The summed E-state index contributed by atoms with van der Waals surface area (Å²) < 4.78 is 11.6. The van der Waals surface area contributed by atoms with E-state index in [1.165, 1.54) is 0 Å². The van der Waals surface area contributed by atoms with Crippen molar-refractivity contribution >= 4 is 40.9 Å². The number of H-pyrrole nitrogens is 1. The van der Waals surface area contributed by atoms with Crippen molar-refractivity contribution in [2.75, 3.05) is 18.4 Å². The SMILES string of the molecule is Cc1[nH]c(C(=O)Nc2ccccc2OC2CCN(C(=O)OC(C)(C)C)CC2)c(Cl)c1Cl. The highest BCUT2D eigenvalue weighted by Crippen LogP contribution is 2.32. The molecule has 0 atom stereocenters. The molecule has 168 valence electrons. The van der Waals surface area contributed by atoms with Crippen LogP contribution < -0.4 is 10.1 Å². The van der Waals surface area contributed by atoms with Crippen LogP contribution in [0.2, 0.25) is 10.0 Å². The van der Waals surface area contributed by atoms with Crippen molar-refractivity contribution in [3.8, 4) is 5.75 Å². The molecule has 1 fully saturated rings. The van der Waals surface area contributed by atoms with E-state index in [1.807, 2.05) is 32.9 Å². The monoisotopic (exact) mass is 467 g/mol. The van der Waals surface area contributed by atoms with Gasteiger partial charge in [0.15, 0.2) is 0 Å². The van der Waals surface area contributed by atoms with Crippen LogP contribution in [0.15, 0.2) is 24.3 Å². The summed E-state index contributed by atoms with van der Waals surface area (Å²) in [5, 5.41) is 3.34. The number of amides is 2. The van der Waals surface area contributed by atoms with Crippen LogP contribution in [0.4, 0.5) is 10.5 Å². The van der Waals surface area contributed by atoms with Crippen molar-refractivity contribution < 1.29 is 19.1 Å². The molecule has 31 heavy (non-hydrogen) atoms. The van der Waals surface area contributed by atoms with E-state index in [0.29, 0.717) is 48.1 Å². The van der Waals surface area contributed by atoms with Crippen LogP contribution >= 0.6 is 23.2 Å². The lowest BCUT2D eigenvalue weighted by molar-refractivity contribution is 0.0127. The lowest BCUT2D eigenvalue weighted by Crippen LogP contribution is -2.44. The molecule has 1 aliphatic heterocycles. The van der Waals surface area contributed by atoms with E-state index in [1.54, 1.807) is 24.0 Å². The Balaban J connectivity index is 1.62. The molecule has 0 spiro atoms. The molecular formula is C22H27Cl2N3O4. The molecule has 0 radical (unpaired) electrons. The van der Waals surface area contributed by atoms with Crippen LogP contribution in [0.5, 0.6) is 5.75 Å². The van der Waals surface area contributed by atoms with Crippen molar-refractivity contribution in [2.45, 2.75) is 52.2 Å². The molecule has 2 amide bonds. The topological polar surface area (TPSA) is 83.7 Å². The molecule has 1 saturated heterocycles. The van der Waals surface area contributed by atoms with E-state index in [2.05, 4.69) is 10.3 Å². The van der Waals surface area contributed by atoms with Crippen LogP contribution in [-0.4, -0.2) is 46.7 Å². The van der Waals surface area contributed by atoms with Crippen LogP contribution in [0, 0.1) is 6.92 Å². The number of halogens is 2. The zero-order chi connectivity index (χ0) is 22.8. The number of likely N-dealkylation sites (tertiary alicyclic amines) is 1. The number of carbonyl (C=O) groups excluding carboxylic acids is 2. The number of hydrogen-bond donors (Lipinski definition) is 2. The molecule has 2 heterocycles. The Morgan fingerprint density at radius 1 is 1.13 bits per heavy atom. The van der Waals surface area contributed by atoms with E-state index in [-0.39, 0.29) is 22.9 Å². The fourth-order valence-electron chi connectivity index (χ4n) is 3.25. The smallest absolute Gasteiger partial charge is 0.410 e. The number of anilines is 1. The molecule has 2 N–H and O–H groups in total. The first-order valence-corrected chi connectivity index (χ1v) is 10.9. The highest BCUT2D eigenvalue weighted by Gasteiger charge is 2.28. The number of carbonyl (C=O) groups is 2. The molecule has 0 aliphatic carbocycles. The number of rotatable bonds is 4. The summed E-state index contributed by atoms with van der Waals surface area (Å²) in [5.41, 5.74) is 0.830. The second-order valence-corrected chi connectivity index (χ2v) is 9.24. The summed E-state index contributed by atoms with van der Waals surface area (Å²) in [6, 6.07) is 7.20. The number of hydrogen-bond acceptors (Lipinski definition) is 4. The fraction of sp³-hybridized carbons (Fsp3) is 0.455. The van der Waals surface area contributed by atoms with Crippen molar-refractivity contribution in [1.82, 2.24) is 9.88 Å². The highest BCUT2D eigenvalue weighted by atomic mass is 35.5. The quantitative estimate of drug-likeness (QED) is 0.607. The van der Waals surface area contributed by atoms with Gasteiger partial charge in [0.2, 0.25) is 0 Å². The minimum absolute atomic E-state index is 0.0810. The number of para-hydroxylation sites is 2. The molecule has 1 aromatic carbocycles. The summed E-state index contributed by atoms with van der Waals surface area (Å²) in [6.07, 6.45) is 0.940. The van der Waals surface area contributed by atoms with E-state index in [0.717, 1.165) is 0 Å². The Labute approximate surface area is 192 Å². The van der Waals surface area contributed by atoms with Gasteiger partial charge in [-0.3, -0.25) is 4.79 Å². The molecule has 0 saturated carbocycles. The Morgan fingerprint density at radius 2 is 1.77 bits per heavy atom. The molecular weight excluding hydrogens is 441 g/mol. The third kappa shape index (κ3) is 5.86. The number of aryl methyl sites for hydroxylation is 1. The van der Waals surface area contributed by atoms with E-state index >= 15 is 0 Å². The van der Waals surface area contributed by atoms with E-state index < -0.39 is 11.5 Å². The van der Waals surface area contributed by atoms with Gasteiger partial charge in [0, 0.05) is 31.6 Å². The molecule has 1 aromatic heterocycles. The van der Waals surface area contributed by atoms with Crippen LogP contribution in [0.3, 0.4) is 0 Å². The van der Waals surface area contributed by atoms with Crippen LogP contribution in [-0.2, 0) is 4.74 Å². The normalized spacial score (nSPS) is 15.0. The Bertz CT molecular complexity index is 960. The predicted octanol–water partition coefficient (Wildman–Crippen LogP) is 5.66. The zero-order valence-corrected chi connectivity index (χ0v) is 19.6. The maximum atomic E-state index is 12.7. The number of piperidine rings is 1. The Hall–Kier alpha value is -2.38. The third-order valence-corrected chi connectivity index (χ3v) is 5.75. The number of nitrogens with zero attached hydrogens (tertiary/aromatic N) is 1. The van der Waals surface area contributed by atoms with Gasteiger partial charge in [-0.2, -0.15) is 0 Å². The summed E-state index contributed by atoms with van der Waals surface area (Å²) in [5.74, 6) is 0.146. The average molecular weight is 468 g/mol. The first-order valence-electron chi connectivity index (χ1n) is 10.1. The number of benzene rings is 1. The summed E-state index contributed by atoms with van der Waals surface area (Å²) in [4.78, 5) is 29.5. The molecule has 9 heteroatoms. The molecule has 1 aliphatic rings. The largest absolute Gasteiger partial charge is 0.488 e. The standard InChI is InChI=1S/C22H27Cl2N3O4/c1-13-17(23)18(24)19(25-13)20(28)26-15-7-5-6-8-16(15)30-14-9-11-27(12-10-14)21(29)31-22(2,3)4/h5-8,14,25H,9-12H2,1-4H3,(H,26,28). The number of ether oxygens (including phenoxy) is 2. The van der Waals surface area contributed by atoms with Gasteiger partial charge in [0.25, 0.3) is 5.91 Å². The molecule has 3 rings (SSSR count). The lowest BCUT2D eigenvalue weighted by atomic mass is 10.1. The first-order chi connectivity index (χ1) is 14.5.